The number of hydrogen-bond donors (Lipinski definition) is 1. The molecule has 0 fully saturated rings. The van der Waals surface area contributed by atoms with E-state index < -0.39 is 6.72 Å². The van der Waals surface area contributed by atoms with E-state index in [9.17, 15) is 0 Å². The molecule has 0 amide bonds. The molecular weight excluding hydrogens is 305 g/mol. The lowest BCUT2D eigenvalue weighted by molar-refractivity contribution is 0.151. The fourth-order valence-electron chi connectivity index (χ4n) is 1.70. The molecule has 0 aliphatic rings. The van der Waals surface area contributed by atoms with Gasteiger partial charge >= 0.3 is 6.72 Å². The van der Waals surface area contributed by atoms with Gasteiger partial charge in [0.25, 0.3) is 0 Å². The zero-order valence-corrected chi connectivity index (χ0v) is 16.0. The average Bonchev–Trinajstić information content (AvgIpc) is 2.45. The van der Waals surface area contributed by atoms with Crippen LogP contribution in [0.4, 0.5) is 0 Å². The predicted octanol–water partition coefficient (Wildman–Crippen LogP) is 5.99. The molecule has 0 saturated heterocycles. The van der Waals surface area contributed by atoms with Gasteiger partial charge in [-0.1, -0.05) is 59.3 Å². The number of unbranched alkanes of at least 4 members (excludes halogenated alkanes) is 6. The highest BCUT2D eigenvalue weighted by atomic mass is 32.5. The third kappa shape index (κ3) is 15.2. The van der Waals surface area contributed by atoms with Crippen molar-refractivity contribution in [3.05, 3.63) is 0 Å². The molecule has 0 aromatic carbocycles. The normalized spacial score (nSPS) is 11.4. The Morgan fingerprint density at radius 1 is 0.619 bits per heavy atom. The molecule has 3 N–H and O–H groups in total. The third-order valence-electron chi connectivity index (χ3n) is 2.99. The van der Waals surface area contributed by atoms with Crippen LogP contribution >= 0.6 is 6.72 Å². The average molecular weight is 341 g/mol. The van der Waals surface area contributed by atoms with Crippen LogP contribution in [-0.4, -0.2) is 19.8 Å². The van der Waals surface area contributed by atoms with Crippen molar-refractivity contribution in [2.75, 3.05) is 19.8 Å². The molecule has 0 aliphatic carbocycles. The van der Waals surface area contributed by atoms with Crippen molar-refractivity contribution in [1.82, 2.24) is 6.15 Å². The van der Waals surface area contributed by atoms with Crippen molar-refractivity contribution < 1.29 is 13.6 Å². The van der Waals surface area contributed by atoms with E-state index in [1.165, 1.54) is 38.5 Å². The number of rotatable bonds is 15. The molecule has 0 aliphatic heterocycles. The number of hydrogen-bond acceptors (Lipinski definition) is 5. The predicted molar refractivity (Wildman–Crippen MR) is 95.7 cm³/mol. The van der Waals surface area contributed by atoms with Gasteiger partial charge in [0.1, 0.15) is 0 Å². The molecule has 6 heteroatoms. The third-order valence-corrected chi connectivity index (χ3v) is 5.44. The van der Waals surface area contributed by atoms with Crippen molar-refractivity contribution in [3.63, 3.8) is 0 Å². The molecule has 0 aromatic heterocycles. The Labute approximate surface area is 137 Å². The van der Waals surface area contributed by atoms with Gasteiger partial charge in [-0.3, -0.25) is 0 Å². The summed E-state index contributed by atoms with van der Waals surface area (Å²) in [6.07, 6.45) is 10.1. The Morgan fingerprint density at radius 2 is 0.905 bits per heavy atom. The molecule has 0 aromatic rings. The van der Waals surface area contributed by atoms with Crippen molar-refractivity contribution in [3.8, 4) is 0 Å². The lowest BCUT2D eigenvalue weighted by Crippen LogP contribution is -2.04. The lowest BCUT2D eigenvalue weighted by atomic mass is 10.3. The molecule has 0 saturated carbocycles. The molecule has 4 nitrogen and oxygen atoms in total. The van der Waals surface area contributed by atoms with E-state index in [-0.39, 0.29) is 6.15 Å². The maximum Gasteiger partial charge on any atom is 0.327 e. The van der Waals surface area contributed by atoms with E-state index in [0.717, 1.165) is 19.3 Å². The van der Waals surface area contributed by atoms with Crippen molar-refractivity contribution in [2.24, 2.45) is 0 Å². The van der Waals surface area contributed by atoms with Crippen LogP contribution in [0.3, 0.4) is 0 Å². The Morgan fingerprint density at radius 3 is 1.14 bits per heavy atom. The molecule has 0 unspecified atom stereocenters. The van der Waals surface area contributed by atoms with E-state index in [2.05, 4.69) is 20.8 Å². The van der Waals surface area contributed by atoms with E-state index in [1.807, 2.05) is 0 Å². The Kier molecular flexibility index (Phi) is 19.1. The second-order valence-electron chi connectivity index (χ2n) is 5.07. The molecule has 0 bridgehead atoms. The Hall–Kier alpha value is 0.490. The van der Waals surface area contributed by atoms with E-state index >= 15 is 0 Å². The minimum Gasteiger partial charge on any atom is -0.344 e. The Bertz CT molecular complexity index is 217. The van der Waals surface area contributed by atoms with Gasteiger partial charge in [-0.15, -0.1) is 0 Å². The van der Waals surface area contributed by atoms with Gasteiger partial charge < -0.3 is 19.7 Å². The summed E-state index contributed by atoms with van der Waals surface area (Å²) in [5.74, 6) is 0. The molecule has 0 atom stereocenters. The van der Waals surface area contributed by atoms with Crippen LogP contribution in [0.2, 0.25) is 0 Å². The van der Waals surface area contributed by atoms with E-state index in [4.69, 9.17) is 25.4 Å². The summed E-state index contributed by atoms with van der Waals surface area (Å²) in [6, 6.07) is 0. The van der Waals surface area contributed by atoms with Gasteiger partial charge in [0.15, 0.2) is 0 Å². The van der Waals surface area contributed by atoms with Gasteiger partial charge in [-0.2, -0.15) is 0 Å². The highest BCUT2D eigenvalue weighted by molar-refractivity contribution is 8.07. The lowest BCUT2D eigenvalue weighted by Gasteiger charge is -2.22. The van der Waals surface area contributed by atoms with Crippen LogP contribution in [0.1, 0.15) is 78.6 Å². The first-order valence-corrected chi connectivity index (χ1v) is 10.8. The standard InChI is InChI=1S/C15H33O3PS.H3N/c1-4-7-10-13-16-19(20,17-14-11-8-5-2)18-15-12-9-6-3;/h4-15H2,1-3H3;1H3. The highest BCUT2D eigenvalue weighted by Crippen LogP contribution is 2.50. The summed E-state index contributed by atoms with van der Waals surface area (Å²) in [7, 11) is 0. The molecule has 130 valence electrons. The van der Waals surface area contributed by atoms with Crippen LogP contribution in [-0.2, 0) is 25.4 Å². The van der Waals surface area contributed by atoms with Crippen molar-refractivity contribution >= 4 is 18.5 Å². The maximum atomic E-state index is 5.77. The first-order chi connectivity index (χ1) is 9.68. The van der Waals surface area contributed by atoms with Crippen LogP contribution < -0.4 is 6.15 Å². The van der Waals surface area contributed by atoms with Gasteiger partial charge in [0.05, 0.1) is 19.8 Å². The fourth-order valence-corrected chi connectivity index (χ4v) is 3.65. The summed E-state index contributed by atoms with van der Waals surface area (Å²) in [5, 5.41) is 0. The minimum atomic E-state index is -2.51. The van der Waals surface area contributed by atoms with Crippen LogP contribution in [0.15, 0.2) is 0 Å². The second kappa shape index (κ2) is 16.9. The van der Waals surface area contributed by atoms with Gasteiger partial charge in [-0.25, -0.2) is 0 Å². The zero-order chi connectivity index (χ0) is 15.1. The van der Waals surface area contributed by atoms with Crippen molar-refractivity contribution in [1.29, 1.82) is 0 Å². The maximum absolute atomic E-state index is 5.77. The minimum absolute atomic E-state index is 0. The fraction of sp³-hybridized carbons (Fsp3) is 1.00. The van der Waals surface area contributed by atoms with Gasteiger partial charge in [0.2, 0.25) is 0 Å². The SMILES string of the molecule is CCCCCOP(=S)(OCCCCC)OCCCCC.N. The molecule has 21 heavy (non-hydrogen) atoms. The Balaban J connectivity index is 0. The molecule has 0 spiro atoms. The molecule has 0 heterocycles. The molecule has 0 rings (SSSR count). The summed E-state index contributed by atoms with van der Waals surface area (Å²) in [6.45, 7) is 6.01. The summed E-state index contributed by atoms with van der Waals surface area (Å²) >= 11 is 5.50. The summed E-state index contributed by atoms with van der Waals surface area (Å²) < 4.78 is 17.3. The van der Waals surface area contributed by atoms with Crippen LogP contribution in [0.25, 0.3) is 0 Å². The highest BCUT2D eigenvalue weighted by Gasteiger charge is 2.20. The first kappa shape index (κ1) is 23.8. The monoisotopic (exact) mass is 341 g/mol. The smallest absolute Gasteiger partial charge is 0.327 e. The summed E-state index contributed by atoms with van der Waals surface area (Å²) in [4.78, 5) is 0. The summed E-state index contributed by atoms with van der Waals surface area (Å²) in [5.41, 5.74) is 0. The van der Waals surface area contributed by atoms with Crippen LogP contribution in [0, 0.1) is 0 Å². The zero-order valence-electron chi connectivity index (χ0n) is 14.3. The quantitative estimate of drug-likeness (QED) is 0.292. The topological polar surface area (TPSA) is 62.7 Å². The van der Waals surface area contributed by atoms with Gasteiger partial charge in [-0.05, 0) is 31.1 Å². The van der Waals surface area contributed by atoms with Gasteiger partial charge in [0, 0.05) is 0 Å². The molecule has 0 radical (unpaired) electrons. The van der Waals surface area contributed by atoms with E-state index in [1.54, 1.807) is 0 Å². The van der Waals surface area contributed by atoms with E-state index in [0.29, 0.717) is 19.8 Å². The van der Waals surface area contributed by atoms with Crippen molar-refractivity contribution in [2.45, 2.75) is 78.6 Å². The van der Waals surface area contributed by atoms with Crippen LogP contribution in [0.5, 0.6) is 0 Å². The molecular formula is C15H36NO3PS. The first-order valence-electron chi connectivity index (χ1n) is 8.22. The largest absolute Gasteiger partial charge is 0.344 e. The second-order valence-corrected chi connectivity index (χ2v) is 8.08.